The molecule has 0 aliphatic carbocycles. The summed E-state index contributed by atoms with van der Waals surface area (Å²) in [5.41, 5.74) is 0.762. The molecule has 0 amide bonds. The molecule has 0 atom stereocenters. The van der Waals surface area contributed by atoms with Crippen LogP contribution in [-0.4, -0.2) is 14.7 Å². The summed E-state index contributed by atoms with van der Waals surface area (Å²) in [4.78, 5) is 15.1. The predicted molar refractivity (Wildman–Crippen MR) is 55.7 cm³/mol. The number of rotatable bonds is 2. The van der Waals surface area contributed by atoms with Crippen LogP contribution in [0.25, 0.3) is 0 Å². The maximum Gasteiger partial charge on any atom is 0.257 e. The van der Waals surface area contributed by atoms with Crippen LogP contribution in [-0.2, 0) is 6.54 Å². The normalized spacial score (nSPS) is 10.1. The van der Waals surface area contributed by atoms with Gasteiger partial charge >= 0.3 is 0 Å². The van der Waals surface area contributed by atoms with Gasteiger partial charge in [0.15, 0.2) is 0 Å². The Labute approximate surface area is 86.5 Å². The number of hydrogen-bond donors (Lipinski definition) is 1. The van der Waals surface area contributed by atoms with Gasteiger partial charge in [-0.2, -0.15) is 0 Å². The van der Waals surface area contributed by atoms with Gasteiger partial charge in [0.1, 0.15) is 6.33 Å². The van der Waals surface area contributed by atoms with E-state index in [0.29, 0.717) is 6.54 Å². The minimum atomic E-state index is -0.258. The third kappa shape index (κ3) is 2.22. The smallest absolute Gasteiger partial charge is 0.257 e. The number of aromatic nitrogens is 2. The molecule has 1 aromatic heterocycles. The number of aromatic hydroxyl groups is 1. The summed E-state index contributed by atoms with van der Waals surface area (Å²) in [7, 11) is 0. The van der Waals surface area contributed by atoms with Crippen LogP contribution < -0.4 is 5.56 Å². The van der Waals surface area contributed by atoms with Gasteiger partial charge in [0.25, 0.3) is 5.56 Å². The third-order valence-electron chi connectivity index (χ3n) is 2.06. The Balaban J connectivity index is 2.29. The minimum Gasteiger partial charge on any atom is -0.493 e. The van der Waals surface area contributed by atoms with E-state index in [1.807, 2.05) is 30.3 Å². The molecule has 0 fully saturated rings. The zero-order valence-electron chi connectivity index (χ0n) is 8.00. The zero-order chi connectivity index (χ0) is 10.7. The first-order valence-corrected chi connectivity index (χ1v) is 4.55. The maximum absolute atomic E-state index is 11.4. The SMILES string of the molecule is O=c1cc(O)ncn1Cc1ccccc1. The second kappa shape index (κ2) is 3.96. The van der Waals surface area contributed by atoms with Crippen molar-refractivity contribution in [1.82, 2.24) is 9.55 Å². The zero-order valence-corrected chi connectivity index (χ0v) is 8.00. The van der Waals surface area contributed by atoms with Gasteiger partial charge in [0.05, 0.1) is 12.6 Å². The van der Waals surface area contributed by atoms with Gasteiger partial charge in [-0.15, -0.1) is 0 Å². The van der Waals surface area contributed by atoms with E-state index in [0.717, 1.165) is 11.6 Å². The number of hydrogen-bond acceptors (Lipinski definition) is 3. The van der Waals surface area contributed by atoms with Crippen molar-refractivity contribution in [2.75, 3.05) is 0 Å². The lowest BCUT2D eigenvalue weighted by atomic mass is 10.2. The Hall–Kier alpha value is -2.10. The van der Waals surface area contributed by atoms with Gasteiger partial charge in [0, 0.05) is 0 Å². The van der Waals surface area contributed by atoms with E-state index in [2.05, 4.69) is 4.98 Å². The van der Waals surface area contributed by atoms with Gasteiger partial charge < -0.3 is 5.11 Å². The fourth-order valence-corrected chi connectivity index (χ4v) is 1.32. The van der Waals surface area contributed by atoms with Crippen molar-refractivity contribution < 1.29 is 5.11 Å². The number of benzene rings is 1. The van der Waals surface area contributed by atoms with Crippen molar-refractivity contribution in [3.05, 3.63) is 58.6 Å². The molecule has 15 heavy (non-hydrogen) atoms. The molecular weight excluding hydrogens is 192 g/mol. The van der Waals surface area contributed by atoms with E-state index in [1.54, 1.807) is 0 Å². The van der Waals surface area contributed by atoms with Gasteiger partial charge in [-0.05, 0) is 5.56 Å². The first-order chi connectivity index (χ1) is 7.25. The van der Waals surface area contributed by atoms with Crippen molar-refractivity contribution in [3.63, 3.8) is 0 Å². The minimum absolute atomic E-state index is 0.246. The highest BCUT2D eigenvalue weighted by Crippen LogP contribution is 2.01. The van der Waals surface area contributed by atoms with Crippen molar-refractivity contribution in [1.29, 1.82) is 0 Å². The standard InChI is InChI=1S/C11H10N2O2/c14-10-6-11(15)13(8-12-10)7-9-4-2-1-3-5-9/h1-6,8,14H,7H2. The molecule has 0 aliphatic heterocycles. The summed E-state index contributed by atoms with van der Waals surface area (Å²) in [6.45, 7) is 0.465. The van der Waals surface area contributed by atoms with Crippen molar-refractivity contribution in [2.24, 2.45) is 0 Å². The van der Waals surface area contributed by atoms with Crippen LogP contribution in [0.1, 0.15) is 5.56 Å². The molecule has 4 heteroatoms. The first-order valence-electron chi connectivity index (χ1n) is 4.55. The Morgan fingerprint density at radius 3 is 2.67 bits per heavy atom. The molecule has 1 N–H and O–H groups in total. The van der Waals surface area contributed by atoms with Crippen LogP contribution in [0.15, 0.2) is 47.5 Å². The second-order valence-corrected chi connectivity index (χ2v) is 3.20. The molecule has 2 rings (SSSR count). The average Bonchev–Trinajstić information content (AvgIpc) is 2.24. The molecule has 1 heterocycles. The topological polar surface area (TPSA) is 55.1 Å². The molecule has 76 valence electrons. The van der Waals surface area contributed by atoms with Crippen LogP contribution in [0.3, 0.4) is 0 Å². The third-order valence-corrected chi connectivity index (χ3v) is 2.06. The predicted octanol–water partition coefficient (Wildman–Crippen LogP) is 0.997. The molecule has 0 spiro atoms. The quantitative estimate of drug-likeness (QED) is 0.790. The fraction of sp³-hybridized carbons (Fsp3) is 0.0909. The van der Waals surface area contributed by atoms with Crippen LogP contribution >= 0.6 is 0 Å². The van der Waals surface area contributed by atoms with Crippen molar-refractivity contribution >= 4 is 0 Å². The lowest BCUT2D eigenvalue weighted by Gasteiger charge is -2.04. The molecule has 0 bridgehead atoms. The van der Waals surface area contributed by atoms with E-state index < -0.39 is 0 Å². The van der Waals surface area contributed by atoms with E-state index in [9.17, 15) is 4.79 Å². The summed E-state index contributed by atoms with van der Waals surface area (Å²) in [6, 6.07) is 10.7. The summed E-state index contributed by atoms with van der Waals surface area (Å²) < 4.78 is 1.44. The molecular formula is C11H10N2O2. The van der Waals surface area contributed by atoms with Crippen molar-refractivity contribution in [2.45, 2.75) is 6.54 Å². The maximum atomic E-state index is 11.4. The van der Waals surface area contributed by atoms with Gasteiger partial charge in [-0.25, -0.2) is 4.98 Å². The Bertz CT molecular complexity index is 505. The Morgan fingerprint density at radius 1 is 1.27 bits per heavy atom. The van der Waals surface area contributed by atoms with Crippen LogP contribution in [0, 0.1) is 0 Å². The summed E-state index contributed by atoms with van der Waals surface area (Å²) in [5.74, 6) is -0.246. The molecule has 0 saturated heterocycles. The largest absolute Gasteiger partial charge is 0.493 e. The van der Waals surface area contributed by atoms with Crippen LogP contribution in [0.5, 0.6) is 5.88 Å². The van der Waals surface area contributed by atoms with Crippen LogP contribution in [0.4, 0.5) is 0 Å². The number of nitrogens with zero attached hydrogens (tertiary/aromatic N) is 2. The summed E-state index contributed by atoms with van der Waals surface area (Å²) in [5, 5.41) is 8.98. The highest BCUT2D eigenvalue weighted by atomic mass is 16.3. The molecule has 0 radical (unpaired) electrons. The fourth-order valence-electron chi connectivity index (χ4n) is 1.32. The summed E-state index contributed by atoms with van der Waals surface area (Å²) in [6.07, 6.45) is 1.34. The first kappa shape index (κ1) is 9.45. The Kier molecular flexibility index (Phi) is 2.49. The lowest BCUT2D eigenvalue weighted by Crippen LogP contribution is -2.19. The monoisotopic (exact) mass is 202 g/mol. The molecule has 2 aromatic rings. The van der Waals surface area contributed by atoms with Crippen molar-refractivity contribution in [3.8, 4) is 5.88 Å². The molecule has 4 nitrogen and oxygen atoms in total. The molecule has 1 aromatic carbocycles. The summed E-state index contributed by atoms with van der Waals surface area (Å²) >= 11 is 0. The highest BCUT2D eigenvalue weighted by molar-refractivity contribution is 5.15. The highest BCUT2D eigenvalue weighted by Gasteiger charge is 1.98. The van der Waals surface area contributed by atoms with Gasteiger partial charge in [-0.3, -0.25) is 9.36 Å². The van der Waals surface area contributed by atoms with E-state index in [1.165, 1.54) is 10.9 Å². The average molecular weight is 202 g/mol. The van der Waals surface area contributed by atoms with E-state index >= 15 is 0 Å². The van der Waals surface area contributed by atoms with E-state index in [4.69, 9.17) is 5.11 Å². The van der Waals surface area contributed by atoms with Gasteiger partial charge in [-0.1, -0.05) is 30.3 Å². The molecule has 0 unspecified atom stereocenters. The van der Waals surface area contributed by atoms with Crippen LogP contribution in [0.2, 0.25) is 0 Å². The second-order valence-electron chi connectivity index (χ2n) is 3.20. The lowest BCUT2D eigenvalue weighted by molar-refractivity contribution is 0.446. The molecule has 0 saturated carbocycles. The van der Waals surface area contributed by atoms with Gasteiger partial charge in [0.2, 0.25) is 5.88 Å². The van der Waals surface area contributed by atoms with E-state index in [-0.39, 0.29) is 11.4 Å². The Morgan fingerprint density at radius 2 is 2.00 bits per heavy atom. The molecule has 0 aliphatic rings.